The van der Waals surface area contributed by atoms with Crippen LogP contribution in [0.15, 0.2) is 18.2 Å². The zero-order chi connectivity index (χ0) is 10.4. The number of unbranched alkanes of at least 4 members (excludes halogenated alkanes) is 3. The Kier molecular flexibility index (Phi) is 4.51. The monoisotopic (exact) mass is 192 g/mol. The highest BCUT2D eigenvalue weighted by molar-refractivity contribution is 5.34. The maximum absolute atomic E-state index is 9.35. The Balaban J connectivity index is 2.39. The van der Waals surface area contributed by atoms with Crippen molar-refractivity contribution < 1.29 is 5.11 Å². The third-order valence-electron chi connectivity index (χ3n) is 2.58. The topological polar surface area (TPSA) is 20.2 Å². The largest absolute Gasteiger partial charge is 0.508 e. The third-order valence-corrected chi connectivity index (χ3v) is 2.58. The molecule has 0 aliphatic heterocycles. The minimum atomic E-state index is 0.405. The SMILES string of the molecule is CCCCCCc1ccc(O)c(C)c1. The van der Waals surface area contributed by atoms with Crippen molar-refractivity contribution >= 4 is 0 Å². The van der Waals surface area contributed by atoms with Crippen LogP contribution in [0.5, 0.6) is 5.75 Å². The quantitative estimate of drug-likeness (QED) is 0.703. The highest BCUT2D eigenvalue weighted by atomic mass is 16.3. The van der Waals surface area contributed by atoms with Gasteiger partial charge in [-0.3, -0.25) is 0 Å². The minimum Gasteiger partial charge on any atom is -0.508 e. The van der Waals surface area contributed by atoms with Crippen LogP contribution in [0, 0.1) is 6.92 Å². The fourth-order valence-corrected chi connectivity index (χ4v) is 1.63. The summed E-state index contributed by atoms with van der Waals surface area (Å²) in [5, 5.41) is 9.35. The smallest absolute Gasteiger partial charge is 0.118 e. The molecule has 1 N–H and O–H groups in total. The minimum absolute atomic E-state index is 0.405. The van der Waals surface area contributed by atoms with E-state index in [0.717, 1.165) is 12.0 Å². The van der Waals surface area contributed by atoms with Crippen LogP contribution in [0.2, 0.25) is 0 Å². The summed E-state index contributed by atoms with van der Waals surface area (Å²) in [4.78, 5) is 0. The van der Waals surface area contributed by atoms with Crippen LogP contribution >= 0.6 is 0 Å². The molecule has 1 heteroatoms. The summed E-state index contributed by atoms with van der Waals surface area (Å²) in [6.07, 6.45) is 6.33. The normalized spacial score (nSPS) is 10.4. The molecular weight excluding hydrogens is 172 g/mol. The van der Waals surface area contributed by atoms with Crippen LogP contribution in [0.3, 0.4) is 0 Å². The Hall–Kier alpha value is -0.980. The van der Waals surface area contributed by atoms with E-state index in [-0.39, 0.29) is 0 Å². The predicted octanol–water partition coefficient (Wildman–Crippen LogP) is 3.82. The molecule has 0 fully saturated rings. The molecule has 0 unspecified atom stereocenters. The lowest BCUT2D eigenvalue weighted by molar-refractivity contribution is 0.471. The van der Waals surface area contributed by atoms with Gasteiger partial charge in [0, 0.05) is 0 Å². The van der Waals surface area contributed by atoms with E-state index in [1.54, 1.807) is 6.07 Å². The summed E-state index contributed by atoms with van der Waals surface area (Å²) in [5.41, 5.74) is 2.33. The van der Waals surface area contributed by atoms with Crippen molar-refractivity contribution in [1.29, 1.82) is 0 Å². The second kappa shape index (κ2) is 5.69. The Bertz CT molecular complexity index is 279. The lowest BCUT2D eigenvalue weighted by atomic mass is 10.0. The van der Waals surface area contributed by atoms with Gasteiger partial charge in [-0.2, -0.15) is 0 Å². The number of hydrogen-bond acceptors (Lipinski definition) is 1. The van der Waals surface area contributed by atoms with Gasteiger partial charge in [-0.05, 0) is 37.0 Å². The van der Waals surface area contributed by atoms with E-state index < -0.39 is 0 Å². The van der Waals surface area contributed by atoms with Crippen LogP contribution in [-0.4, -0.2) is 5.11 Å². The van der Waals surface area contributed by atoms with Crippen molar-refractivity contribution in [2.75, 3.05) is 0 Å². The first-order chi connectivity index (χ1) is 6.74. The molecule has 14 heavy (non-hydrogen) atoms. The number of phenols is 1. The second-order valence-electron chi connectivity index (χ2n) is 3.93. The molecule has 78 valence electrons. The first kappa shape index (κ1) is 11.1. The first-order valence-corrected chi connectivity index (χ1v) is 5.52. The van der Waals surface area contributed by atoms with Gasteiger partial charge >= 0.3 is 0 Å². The first-order valence-electron chi connectivity index (χ1n) is 5.52. The molecule has 0 bridgehead atoms. The third kappa shape index (κ3) is 3.41. The van der Waals surface area contributed by atoms with Gasteiger partial charge in [-0.1, -0.05) is 38.3 Å². The van der Waals surface area contributed by atoms with E-state index in [1.165, 1.54) is 31.2 Å². The van der Waals surface area contributed by atoms with Gasteiger partial charge in [0.2, 0.25) is 0 Å². The van der Waals surface area contributed by atoms with Gasteiger partial charge in [0.15, 0.2) is 0 Å². The molecule has 0 aromatic heterocycles. The zero-order valence-electron chi connectivity index (χ0n) is 9.21. The molecule has 0 aliphatic rings. The zero-order valence-corrected chi connectivity index (χ0v) is 9.21. The van der Waals surface area contributed by atoms with Crippen LogP contribution in [0.1, 0.15) is 43.7 Å². The summed E-state index contributed by atoms with van der Waals surface area (Å²) < 4.78 is 0. The number of aromatic hydroxyl groups is 1. The van der Waals surface area contributed by atoms with Crippen molar-refractivity contribution in [3.63, 3.8) is 0 Å². The predicted molar refractivity (Wildman–Crippen MR) is 60.7 cm³/mol. The van der Waals surface area contributed by atoms with Crippen molar-refractivity contribution in [3.05, 3.63) is 29.3 Å². The molecule has 1 aromatic rings. The summed E-state index contributed by atoms with van der Waals surface area (Å²) in [6.45, 7) is 4.18. The van der Waals surface area contributed by atoms with Gasteiger partial charge in [-0.25, -0.2) is 0 Å². The highest BCUT2D eigenvalue weighted by Gasteiger charge is 1.97. The van der Waals surface area contributed by atoms with E-state index in [4.69, 9.17) is 0 Å². The van der Waals surface area contributed by atoms with Crippen LogP contribution in [-0.2, 0) is 6.42 Å². The summed E-state index contributed by atoms with van der Waals surface area (Å²) in [6, 6.07) is 5.90. The molecule has 0 radical (unpaired) electrons. The maximum atomic E-state index is 9.35. The summed E-state index contributed by atoms with van der Waals surface area (Å²) in [5.74, 6) is 0.405. The average molecular weight is 192 g/mol. The van der Waals surface area contributed by atoms with Crippen molar-refractivity contribution in [2.45, 2.75) is 46.0 Å². The summed E-state index contributed by atoms with van der Waals surface area (Å²) >= 11 is 0. The van der Waals surface area contributed by atoms with Crippen molar-refractivity contribution in [2.24, 2.45) is 0 Å². The molecule has 1 nitrogen and oxygen atoms in total. The number of rotatable bonds is 5. The number of aryl methyl sites for hydroxylation is 2. The number of phenolic OH excluding ortho intramolecular Hbond substituents is 1. The highest BCUT2D eigenvalue weighted by Crippen LogP contribution is 2.18. The molecule has 0 spiro atoms. The number of benzene rings is 1. The Morgan fingerprint density at radius 1 is 1.14 bits per heavy atom. The summed E-state index contributed by atoms with van der Waals surface area (Å²) in [7, 11) is 0. The lowest BCUT2D eigenvalue weighted by Crippen LogP contribution is -1.87. The maximum Gasteiger partial charge on any atom is 0.118 e. The molecule has 0 aliphatic carbocycles. The standard InChI is InChI=1S/C13H20O/c1-3-4-5-6-7-12-8-9-13(14)11(2)10-12/h8-10,14H,3-7H2,1-2H3. The average Bonchev–Trinajstić information content (AvgIpc) is 2.18. The van der Waals surface area contributed by atoms with E-state index in [2.05, 4.69) is 13.0 Å². The van der Waals surface area contributed by atoms with Gasteiger partial charge in [0.25, 0.3) is 0 Å². The van der Waals surface area contributed by atoms with Gasteiger partial charge in [-0.15, -0.1) is 0 Å². The molecule has 0 amide bonds. The lowest BCUT2D eigenvalue weighted by Gasteiger charge is -2.04. The fraction of sp³-hybridized carbons (Fsp3) is 0.538. The Morgan fingerprint density at radius 3 is 2.57 bits per heavy atom. The molecular formula is C13H20O. The van der Waals surface area contributed by atoms with E-state index >= 15 is 0 Å². The molecule has 0 saturated heterocycles. The van der Waals surface area contributed by atoms with Gasteiger partial charge < -0.3 is 5.11 Å². The van der Waals surface area contributed by atoms with Crippen molar-refractivity contribution in [1.82, 2.24) is 0 Å². The van der Waals surface area contributed by atoms with Gasteiger partial charge in [0.05, 0.1) is 0 Å². The van der Waals surface area contributed by atoms with Crippen LogP contribution in [0.25, 0.3) is 0 Å². The van der Waals surface area contributed by atoms with Crippen molar-refractivity contribution in [3.8, 4) is 5.75 Å². The van der Waals surface area contributed by atoms with Crippen LogP contribution < -0.4 is 0 Å². The fourth-order valence-electron chi connectivity index (χ4n) is 1.63. The number of hydrogen-bond donors (Lipinski definition) is 1. The Labute approximate surface area is 86.8 Å². The van der Waals surface area contributed by atoms with E-state index in [0.29, 0.717) is 5.75 Å². The van der Waals surface area contributed by atoms with E-state index in [9.17, 15) is 5.11 Å². The van der Waals surface area contributed by atoms with Crippen LogP contribution in [0.4, 0.5) is 0 Å². The molecule has 0 saturated carbocycles. The van der Waals surface area contributed by atoms with Gasteiger partial charge in [0.1, 0.15) is 5.75 Å². The molecule has 1 rings (SSSR count). The molecule has 1 aromatic carbocycles. The van der Waals surface area contributed by atoms with E-state index in [1.807, 2.05) is 13.0 Å². The Morgan fingerprint density at radius 2 is 1.93 bits per heavy atom. The second-order valence-corrected chi connectivity index (χ2v) is 3.93. The molecule has 0 atom stereocenters. The molecule has 0 heterocycles.